The van der Waals surface area contributed by atoms with Crippen LogP contribution in [0.1, 0.15) is 239 Å². The zero-order chi connectivity index (χ0) is 50.0. The highest BCUT2D eigenvalue weighted by Gasteiger charge is 2.19. The molecule has 69 heavy (non-hydrogen) atoms. The quantitative estimate of drug-likeness (QED) is 0.0262. The maximum absolute atomic E-state index is 12.8. The van der Waals surface area contributed by atoms with Crippen LogP contribution in [-0.2, 0) is 28.6 Å². The Balaban J connectivity index is 4.59. The molecule has 0 saturated heterocycles. The predicted molar refractivity (Wildman–Crippen MR) is 297 cm³/mol. The van der Waals surface area contributed by atoms with Gasteiger partial charge in [0.15, 0.2) is 6.10 Å². The summed E-state index contributed by atoms with van der Waals surface area (Å²) in [5.41, 5.74) is 0. The van der Waals surface area contributed by atoms with Crippen molar-refractivity contribution in [2.45, 2.75) is 245 Å². The summed E-state index contributed by atoms with van der Waals surface area (Å²) in [6.45, 7) is 6.39. The van der Waals surface area contributed by atoms with Crippen LogP contribution in [0.25, 0.3) is 0 Å². The molecule has 0 aromatic rings. The normalized spacial score (nSPS) is 13.0. The van der Waals surface area contributed by atoms with Crippen LogP contribution in [0.2, 0.25) is 0 Å². The highest BCUT2D eigenvalue weighted by Crippen LogP contribution is 2.13. The molecule has 0 fully saturated rings. The van der Waals surface area contributed by atoms with Gasteiger partial charge in [-0.15, -0.1) is 0 Å². The van der Waals surface area contributed by atoms with Crippen molar-refractivity contribution >= 4 is 17.9 Å². The first-order valence-electron chi connectivity index (χ1n) is 28.0. The lowest BCUT2D eigenvalue weighted by atomic mass is 10.1. The van der Waals surface area contributed by atoms with Crippen LogP contribution in [0.5, 0.6) is 0 Å². The number of rotatable bonds is 49. The third-order valence-corrected chi connectivity index (χ3v) is 11.4. The van der Waals surface area contributed by atoms with E-state index in [1.165, 1.54) is 109 Å². The van der Waals surface area contributed by atoms with Crippen LogP contribution >= 0.6 is 0 Å². The summed E-state index contributed by atoms with van der Waals surface area (Å²) in [5.74, 6) is -1.07. The Morgan fingerprint density at radius 1 is 0.304 bits per heavy atom. The molecule has 0 bridgehead atoms. The smallest absolute Gasteiger partial charge is 0.306 e. The fraction of sp³-hybridized carbons (Fsp3) is 0.635. The van der Waals surface area contributed by atoms with Gasteiger partial charge in [-0.25, -0.2) is 0 Å². The standard InChI is InChI=1S/C63H102O6/c1-4-7-10-13-16-19-22-25-28-30-31-33-36-38-41-44-47-50-53-56-62(65)68-59-60(69-63(66)57-54-51-48-45-42-39-34-27-24-21-18-15-12-9-6-3)58-67-61(64)55-52-49-46-43-40-37-35-32-29-26-23-20-17-14-11-8-5-2/h7,10,16,19,21,24-26,28-29,31,33,35,37-38,41,43,46-47,50,60H,4-6,8-9,11-15,17-18,20,22-23,27,30,32,34,36,39-40,42,44-45,48-49,51-59H2,1-3H3/b10-7-,19-16-,24-21-,28-25-,29-26-,33-31-,37-35-,41-38-,46-43-,50-47-/t60-/m0/s1. The molecule has 0 amide bonds. The van der Waals surface area contributed by atoms with Gasteiger partial charge in [-0.2, -0.15) is 0 Å². The van der Waals surface area contributed by atoms with Crippen LogP contribution in [-0.4, -0.2) is 37.2 Å². The number of carbonyl (C=O) groups excluding carboxylic acids is 3. The van der Waals surface area contributed by atoms with E-state index in [0.717, 1.165) is 77.0 Å². The van der Waals surface area contributed by atoms with Crippen LogP contribution in [0.15, 0.2) is 122 Å². The van der Waals surface area contributed by atoms with Crippen molar-refractivity contribution < 1.29 is 28.6 Å². The van der Waals surface area contributed by atoms with E-state index in [9.17, 15) is 14.4 Å². The summed E-state index contributed by atoms with van der Waals surface area (Å²) < 4.78 is 16.7. The first-order valence-corrected chi connectivity index (χ1v) is 28.0. The Morgan fingerprint density at radius 2 is 0.609 bits per heavy atom. The number of hydrogen-bond donors (Lipinski definition) is 0. The minimum atomic E-state index is -0.834. The van der Waals surface area contributed by atoms with Gasteiger partial charge in [0.05, 0.1) is 0 Å². The molecule has 0 aromatic carbocycles. The molecule has 0 spiro atoms. The number of ether oxygens (including phenoxy) is 3. The number of carbonyl (C=O) groups is 3. The van der Waals surface area contributed by atoms with E-state index in [4.69, 9.17) is 14.2 Å². The third kappa shape index (κ3) is 54.6. The largest absolute Gasteiger partial charge is 0.462 e. The van der Waals surface area contributed by atoms with Crippen LogP contribution < -0.4 is 0 Å². The second-order valence-corrected chi connectivity index (χ2v) is 18.1. The maximum Gasteiger partial charge on any atom is 0.306 e. The highest BCUT2D eigenvalue weighted by molar-refractivity contribution is 5.71. The molecule has 0 rings (SSSR count). The minimum absolute atomic E-state index is 0.132. The second kappa shape index (κ2) is 56.4. The van der Waals surface area contributed by atoms with Crippen LogP contribution in [0, 0.1) is 0 Å². The zero-order valence-corrected chi connectivity index (χ0v) is 44.5. The van der Waals surface area contributed by atoms with Crippen molar-refractivity contribution in [3.05, 3.63) is 122 Å². The van der Waals surface area contributed by atoms with Crippen LogP contribution in [0.3, 0.4) is 0 Å². The van der Waals surface area contributed by atoms with Gasteiger partial charge >= 0.3 is 17.9 Å². The maximum atomic E-state index is 12.8. The highest BCUT2D eigenvalue weighted by atomic mass is 16.6. The van der Waals surface area contributed by atoms with E-state index in [-0.39, 0.29) is 44.0 Å². The van der Waals surface area contributed by atoms with Gasteiger partial charge in [0, 0.05) is 19.3 Å². The van der Waals surface area contributed by atoms with Crippen LogP contribution in [0.4, 0.5) is 0 Å². The fourth-order valence-corrected chi connectivity index (χ4v) is 7.24. The summed E-state index contributed by atoms with van der Waals surface area (Å²) in [5, 5.41) is 0. The minimum Gasteiger partial charge on any atom is -0.462 e. The Labute approximate surface area is 424 Å². The van der Waals surface area contributed by atoms with Crippen molar-refractivity contribution in [2.24, 2.45) is 0 Å². The fourth-order valence-electron chi connectivity index (χ4n) is 7.24. The third-order valence-electron chi connectivity index (χ3n) is 11.4. The van der Waals surface area contributed by atoms with Crippen molar-refractivity contribution in [1.29, 1.82) is 0 Å². The lowest BCUT2D eigenvalue weighted by molar-refractivity contribution is -0.166. The summed E-state index contributed by atoms with van der Waals surface area (Å²) in [7, 11) is 0. The topological polar surface area (TPSA) is 78.9 Å². The van der Waals surface area contributed by atoms with Gasteiger partial charge in [0.1, 0.15) is 13.2 Å². The van der Waals surface area contributed by atoms with E-state index in [1.807, 2.05) is 12.2 Å². The SMILES string of the molecule is CC/C=C\C/C=C\C/C=C\C/C=C\C/C=C\C/C=C\CCC(=O)OC[C@H](COC(=O)CCC/C=C\C/C=C\C/C=C\CCCCCCCC)OC(=O)CCCCCCCCC/C=C\CCCCCC. The predicted octanol–water partition coefficient (Wildman–Crippen LogP) is 18.9. The first kappa shape index (κ1) is 64.8. The molecule has 0 aliphatic carbocycles. The van der Waals surface area contributed by atoms with Crippen molar-refractivity contribution in [2.75, 3.05) is 13.2 Å². The van der Waals surface area contributed by atoms with Gasteiger partial charge < -0.3 is 14.2 Å². The molecule has 6 heteroatoms. The number of hydrogen-bond acceptors (Lipinski definition) is 6. The molecule has 0 radical (unpaired) electrons. The Hall–Kier alpha value is -4.19. The van der Waals surface area contributed by atoms with E-state index in [0.29, 0.717) is 19.3 Å². The Bertz CT molecular complexity index is 1470. The molecule has 0 unspecified atom stereocenters. The van der Waals surface area contributed by atoms with E-state index in [2.05, 4.69) is 130 Å². The van der Waals surface area contributed by atoms with Gasteiger partial charge in [0.2, 0.25) is 0 Å². The Kier molecular flexibility index (Phi) is 53.0. The Morgan fingerprint density at radius 3 is 1.04 bits per heavy atom. The molecular weight excluding hydrogens is 853 g/mol. The van der Waals surface area contributed by atoms with E-state index < -0.39 is 6.10 Å². The molecular formula is C63H102O6. The molecule has 0 aromatic heterocycles. The average Bonchev–Trinajstić information content (AvgIpc) is 3.35. The summed E-state index contributed by atoms with van der Waals surface area (Å²) in [6.07, 6.45) is 77.7. The lowest BCUT2D eigenvalue weighted by Crippen LogP contribution is -2.30. The van der Waals surface area contributed by atoms with Gasteiger partial charge in [-0.3, -0.25) is 14.4 Å². The zero-order valence-electron chi connectivity index (χ0n) is 44.5. The number of allylic oxidation sites excluding steroid dienone is 20. The summed E-state index contributed by atoms with van der Waals surface area (Å²) in [4.78, 5) is 38.1. The van der Waals surface area contributed by atoms with Crippen molar-refractivity contribution in [1.82, 2.24) is 0 Å². The summed E-state index contributed by atoms with van der Waals surface area (Å²) in [6, 6.07) is 0. The monoisotopic (exact) mass is 955 g/mol. The molecule has 0 aliphatic heterocycles. The molecule has 0 aliphatic rings. The molecule has 1 atom stereocenters. The average molecular weight is 956 g/mol. The first-order chi connectivity index (χ1) is 34.0. The van der Waals surface area contributed by atoms with E-state index >= 15 is 0 Å². The second-order valence-electron chi connectivity index (χ2n) is 18.1. The molecule has 0 saturated carbocycles. The molecule has 0 N–H and O–H groups in total. The molecule has 6 nitrogen and oxygen atoms in total. The van der Waals surface area contributed by atoms with Gasteiger partial charge in [-0.05, 0) is 116 Å². The van der Waals surface area contributed by atoms with Gasteiger partial charge in [-0.1, -0.05) is 226 Å². The number of unbranched alkanes of at least 4 members (excludes halogenated alkanes) is 18. The van der Waals surface area contributed by atoms with Gasteiger partial charge in [0.25, 0.3) is 0 Å². The molecule has 390 valence electrons. The van der Waals surface area contributed by atoms with Crippen molar-refractivity contribution in [3.63, 3.8) is 0 Å². The lowest BCUT2D eigenvalue weighted by Gasteiger charge is -2.18. The number of esters is 3. The molecule has 0 heterocycles. The summed E-state index contributed by atoms with van der Waals surface area (Å²) >= 11 is 0. The van der Waals surface area contributed by atoms with Crippen molar-refractivity contribution in [3.8, 4) is 0 Å². The van der Waals surface area contributed by atoms with E-state index in [1.54, 1.807) is 0 Å².